The maximum atomic E-state index is 12.7. The molecule has 27 heavy (non-hydrogen) atoms. The quantitative estimate of drug-likeness (QED) is 0.681. The van der Waals surface area contributed by atoms with E-state index in [1.807, 2.05) is 19.3 Å². The minimum absolute atomic E-state index is 0.0231. The van der Waals surface area contributed by atoms with E-state index in [0.29, 0.717) is 21.1 Å². The summed E-state index contributed by atoms with van der Waals surface area (Å²) in [5.74, 6) is -1.32. The number of carboxylic acids is 1. The zero-order valence-corrected chi connectivity index (χ0v) is 16.1. The summed E-state index contributed by atoms with van der Waals surface area (Å²) in [5, 5.41) is 17.3. The average molecular weight is 384 g/mol. The number of carbonyl (C=O) groups excluding carboxylic acids is 1. The molecule has 8 heteroatoms. The number of aromatic nitrogens is 3. The molecule has 7 nitrogen and oxygen atoms in total. The summed E-state index contributed by atoms with van der Waals surface area (Å²) in [7, 11) is 1.81. The Labute approximate surface area is 160 Å². The van der Waals surface area contributed by atoms with Crippen LogP contribution >= 0.6 is 11.3 Å². The first-order valence-electron chi connectivity index (χ1n) is 8.35. The van der Waals surface area contributed by atoms with Gasteiger partial charge in [-0.3, -0.25) is 14.3 Å². The van der Waals surface area contributed by atoms with Crippen LogP contribution in [0.2, 0.25) is 0 Å². The molecule has 1 atom stereocenters. The number of nitrogens with zero attached hydrogens (tertiary/aromatic N) is 3. The minimum atomic E-state index is -1.22. The summed E-state index contributed by atoms with van der Waals surface area (Å²) in [6.45, 7) is 3.34. The lowest BCUT2D eigenvalue weighted by Crippen LogP contribution is -2.44. The number of aryl methyl sites for hydroxylation is 2. The Morgan fingerprint density at radius 1 is 1.30 bits per heavy atom. The Kier molecular flexibility index (Phi) is 5.09. The van der Waals surface area contributed by atoms with Crippen LogP contribution < -0.4 is 5.32 Å². The van der Waals surface area contributed by atoms with E-state index in [-0.39, 0.29) is 12.5 Å². The lowest BCUT2D eigenvalue weighted by atomic mass is 9.82. The third kappa shape index (κ3) is 3.75. The summed E-state index contributed by atoms with van der Waals surface area (Å²) in [6, 6.07) is 8.89. The lowest BCUT2D eigenvalue weighted by molar-refractivity contribution is -0.142. The number of nitrogens with one attached hydrogen (secondary N) is 1. The number of carboxylic acid groups (broad SMARTS) is 1. The Hall–Kier alpha value is -3.00. The van der Waals surface area contributed by atoms with Crippen molar-refractivity contribution < 1.29 is 14.7 Å². The first-order valence-corrected chi connectivity index (χ1v) is 9.16. The SMILES string of the molecule is Cc1nc(-c2cnn(C)c2)sc1C(=O)NCC(C)(C(=O)O)c1ccccc1. The highest BCUT2D eigenvalue weighted by Gasteiger charge is 2.36. The van der Waals surface area contributed by atoms with Crippen LogP contribution in [0.1, 0.15) is 27.9 Å². The first kappa shape index (κ1) is 18.8. The second kappa shape index (κ2) is 7.32. The summed E-state index contributed by atoms with van der Waals surface area (Å²) in [6.07, 6.45) is 3.52. The van der Waals surface area contributed by atoms with Gasteiger partial charge in [-0.15, -0.1) is 11.3 Å². The van der Waals surface area contributed by atoms with E-state index in [0.717, 1.165) is 5.56 Å². The molecule has 1 amide bonds. The molecule has 3 aromatic rings. The molecule has 0 radical (unpaired) electrons. The van der Waals surface area contributed by atoms with E-state index in [2.05, 4.69) is 15.4 Å². The largest absolute Gasteiger partial charge is 0.481 e. The molecule has 0 saturated heterocycles. The average Bonchev–Trinajstić information content (AvgIpc) is 3.25. The summed E-state index contributed by atoms with van der Waals surface area (Å²) in [5.41, 5.74) is 0.856. The molecule has 0 aliphatic heterocycles. The van der Waals surface area contributed by atoms with Crippen molar-refractivity contribution in [3.63, 3.8) is 0 Å². The van der Waals surface area contributed by atoms with E-state index >= 15 is 0 Å². The van der Waals surface area contributed by atoms with Gasteiger partial charge in [0.25, 0.3) is 5.91 Å². The van der Waals surface area contributed by atoms with Gasteiger partial charge in [-0.25, -0.2) is 4.98 Å². The Bertz CT molecular complexity index is 980. The molecule has 2 heterocycles. The molecular weight excluding hydrogens is 364 g/mol. The second-order valence-corrected chi connectivity index (χ2v) is 7.52. The van der Waals surface area contributed by atoms with Gasteiger partial charge in [0.15, 0.2) is 0 Å². The predicted molar refractivity (Wildman–Crippen MR) is 103 cm³/mol. The van der Waals surface area contributed by atoms with E-state index in [9.17, 15) is 14.7 Å². The van der Waals surface area contributed by atoms with Gasteiger partial charge in [-0.1, -0.05) is 30.3 Å². The standard InChI is InChI=1S/C19H20N4O3S/c1-12-15(27-17(22-12)13-9-21-23(3)10-13)16(24)20-11-19(2,18(25)26)14-7-5-4-6-8-14/h4-10H,11H2,1-3H3,(H,20,24)(H,25,26). The van der Waals surface area contributed by atoms with Crippen LogP contribution in [0, 0.1) is 6.92 Å². The van der Waals surface area contributed by atoms with Crippen LogP contribution in [0.4, 0.5) is 0 Å². The van der Waals surface area contributed by atoms with Crippen LogP contribution in [0.5, 0.6) is 0 Å². The Morgan fingerprint density at radius 3 is 2.59 bits per heavy atom. The number of hydrogen-bond acceptors (Lipinski definition) is 5. The van der Waals surface area contributed by atoms with E-state index in [1.165, 1.54) is 11.3 Å². The van der Waals surface area contributed by atoms with Crippen molar-refractivity contribution in [3.05, 3.63) is 58.9 Å². The molecule has 0 aliphatic carbocycles. The molecule has 0 fully saturated rings. The van der Waals surface area contributed by atoms with Gasteiger partial charge in [0.05, 0.1) is 11.9 Å². The van der Waals surface area contributed by atoms with Crippen LogP contribution in [-0.4, -0.2) is 38.3 Å². The van der Waals surface area contributed by atoms with Crippen LogP contribution in [0.15, 0.2) is 42.7 Å². The van der Waals surface area contributed by atoms with Gasteiger partial charge in [-0.05, 0) is 19.4 Å². The number of rotatable bonds is 6. The van der Waals surface area contributed by atoms with Gasteiger partial charge >= 0.3 is 5.97 Å². The molecule has 1 aromatic carbocycles. The van der Waals surface area contributed by atoms with Gasteiger partial charge < -0.3 is 10.4 Å². The number of amides is 1. The summed E-state index contributed by atoms with van der Waals surface area (Å²) in [4.78, 5) is 29.4. The lowest BCUT2D eigenvalue weighted by Gasteiger charge is -2.25. The molecular formula is C19H20N4O3S. The minimum Gasteiger partial charge on any atom is -0.481 e. The molecule has 0 spiro atoms. The van der Waals surface area contributed by atoms with Crippen molar-refractivity contribution in [1.29, 1.82) is 0 Å². The summed E-state index contributed by atoms with van der Waals surface area (Å²) >= 11 is 1.26. The molecule has 0 aliphatic rings. The van der Waals surface area contributed by atoms with Gasteiger partial charge in [0.1, 0.15) is 15.3 Å². The molecule has 2 aromatic heterocycles. The maximum Gasteiger partial charge on any atom is 0.315 e. The predicted octanol–water partition coefficient (Wildman–Crippen LogP) is 2.62. The number of thiazole rings is 1. The number of carbonyl (C=O) groups is 2. The van der Waals surface area contributed by atoms with Crippen molar-refractivity contribution in [2.24, 2.45) is 7.05 Å². The Morgan fingerprint density at radius 2 is 2.00 bits per heavy atom. The van der Waals surface area contributed by atoms with Crippen molar-refractivity contribution in [1.82, 2.24) is 20.1 Å². The third-order valence-electron chi connectivity index (χ3n) is 4.44. The molecule has 1 unspecified atom stereocenters. The zero-order chi connectivity index (χ0) is 19.6. The molecule has 2 N–H and O–H groups in total. The fourth-order valence-electron chi connectivity index (χ4n) is 2.71. The highest BCUT2D eigenvalue weighted by Crippen LogP contribution is 2.28. The number of hydrogen-bond donors (Lipinski definition) is 2. The van der Waals surface area contributed by atoms with Crippen molar-refractivity contribution in [2.45, 2.75) is 19.3 Å². The van der Waals surface area contributed by atoms with Crippen LogP contribution in [-0.2, 0) is 17.3 Å². The number of benzene rings is 1. The summed E-state index contributed by atoms with van der Waals surface area (Å²) < 4.78 is 1.67. The monoisotopic (exact) mass is 384 g/mol. The topological polar surface area (TPSA) is 97.1 Å². The van der Waals surface area contributed by atoms with Crippen LogP contribution in [0.25, 0.3) is 10.6 Å². The van der Waals surface area contributed by atoms with Crippen LogP contribution in [0.3, 0.4) is 0 Å². The molecule has 0 saturated carbocycles. The smallest absolute Gasteiger partial charge is 0.315 e. The van der Waals surface area contributed by atoms with Gasteiger partial charge in [-0.2, -0.15) is 5.10 Å². The number of aliphatic carboxylic acids is 1. The molecule has 3 rings (SSSR count). The van der Waals surface area contributed by atoms with E-state index in [1.54, 1.807) is 49.0 Å². The first-order chi connectivity index (χ1) is 12.8. The van der Waals surface area contributed by atoms with E-state index in [4.69, 9.17) is 0 Å². The fraction of sp³-hybridized carbons (Fsp3) is 0.263. The Balaban J connectivity index is 1.79. The van der Waals surface area contributed by atoms with Crippen molar-refractivity contribution in [3.8, 4) is 10.6 Å². The molecule has 140 valence electrons. The highest BCUT2D eigenvalue weighted by molar-refractivity contribution is 7.17. The normalized spacial score (nSPS) is 13.1. The van der Waals surface area contributed by atoms with Gasteiger partial charge in [0.2, 0.25) is 0 Å². The van der Waals surface area contributed by atoms with E-state index < -0.39 is 11.4 Å². The highest BCUT2D eigenvalue weighted by atomic mass is 32.1. The maximum absolute atomic E-state index is 12.7. The molecule has 0 bridgehead atoms. The third-order valence-corrected chi connectivity index (χ3v) is 5.65. The van der Waals surface area contributed by atoms with Crippen molar-refractivity contribution in [2.75, 3.05) is 6.54 Å². The van der Waals surface area contributed by atoms with Gasteiger partial charge in [0, 0.05) is 25.4 Å². The van der Waals surface area contributed by atoms with Crippen molar-refractivity contribution >= 4 is 23.2 Å². The fourth-order valence-corrected chi connectivity index (χ4v) is 3.66. The zero-order valence-electron chi connectivity index (χ0n) is 15.3. The second-order valence-electron chi connectivity index (χ2n) is 6.52.